The summed E-state index contributed by atoms with van der Waals surface area (Å²) in [6.45, 7) is 4.62. The molecule has 2 aromatic rings. The van der Waals surface area contributed by atoms with Crippen molar-refractivity contribution in [3.63, 3.8) is 0 Å². The molecule has 108 valence electrons. The van der Waals surface area contributed by atoms with E-state index in [9.17, 15) is 0 Å². The second kappa shape index (κ2) is 7.67. The fraction of sp³-hybridized carbons (Fsp3) is 0.400. The highest BCUT2D eigenvalue weighted by molar-refractivity contribution is 5.28. The molecule has 0 aliphatic carbocycles. The van der Waals surface area contributed by atoms with Gasteiger partial charge in [-0.2, -0.15) is 0 Å². The van der Waals surface area contributed by atoms with Crippen LogP contribution in [0.1, 0.15) is 23.9 Å². The van der Waals surface area contributed by atoms with Crippen LogP contribution in [0.4, 0.5) is 0 Å². The first-order valence-corrected chi connectivity index (χ1v) is 6.67. The van der Waals surface area contributed by atoms with E-state index in [-0.39, 0.29) is 0 Å². The van der Waals surface area contributed by atoms with Crippen LogP contribution in [-0.4, -0.2) is 18.8 Å². The maximum Gasteiger partial charge on any atom is 0.174 e. The lowest BCUT2D eigenvalue weighted by Gasteiger charge is -2.05. The van der Waals surface area contributed by atoms with Crippen molar-refractivity contribution in [1.29, 1.82) is 0 Å². The predicted octanol–water partition coefficient (Wildman–Crippen LogP) is 2.51. The number of aromatic nitrogens is 1. The van der Waals surface area contributed by atoms with E-state index in [0.717, 1.165) is 29.3 Å². The van der Waals surface area contributed by atoms with Gasteiger partial charge in [0.2, 0.25) is 0 Å². The number of methoxy groups -OCH3 is 1. The fourth-order valence-electron chi connectivity index (χ4n) is 1.81. The minimum absolute atomic E-state index is 0.371. The molecule has 0 aliphatic heterocycles. The summed E-state index contributed by atoms with van der Waals surface area (Å²) >= 11 is 0. The molecule has 5 heteroatoms. The van der Waals surface area contributed by atoms with E-state index in [1.54, 1.807) is 7.11 Å². The van der Waals surface area contributed by atoms with Crippen LogP contribution in [0.25, 0.3) is 0 Å². The highest BCUT2D eigenvalue weighted by Gasteiger charge is 2.05. The average Bonchev–Trinajstić information content (AvgIpc) is 2.92. The van der Waals surface area contributed by atoms with E-state index in [2.05, 4.69) is 17.4 Å². The Hall–Kier alpha value is -1.85. The Morgan fingerprint density at radius 1 is 1.25 bits per heavy atom. The number of benzene rings is 1. The summed E-state index contributed by atoms with van der Waals surface area (Å²) < 4.78 is 16.0. The van der Waals surface area contributed by atoms with Gasteiger partial charge in [-0.1, -0.05) is 24.2 Å². The standard InChI is InChI=1S/C15H20N2O3/c1-3-16-9-13-8-15(20-17-13)11-19-14-6-4-5-12(7-14)10-18-2/h4-8,16H,3,9-11H2,1-2H3. The van der Waals surface area contributed by atoms with E-state index in [4.69, 9.17) is 14.0 Å². The molecule has 2 rings (SSSR count). The van der Waals surface area contributed by atoms with Gasteiger partial charge in [-0.15, -0.1) is 0 Å². The maximum absolute atomic E-state index is 5.69. The molecule has 0 unspecified atom stereocenters. The van der Waals surface area contributed by atoms with Crippen LogP contribution in [0.15, 0.2) is 34.9 Å². The zero-order valence-electron chi connectivity index (χ0n) is 11.9. The summed E-state index contributed by atoms with van der Waals surface area (Å²) in [4.78, 5) is 0. The van der Waals surface area contributed by atoms with Gasteiger partial charge in [-0.25, -0.2) is 0 Å². The molecule has 0 spiro atoms. The molecular weight excluding hydrogens is 256 g/mol. The fourth-order valence-corrected chi connectivity index (χ4v) is 1.81. The quantitative estimate of drug-likeness (QED) is 0.803. The SMILES string of the molecule is CCNCc1cc(COc2cccc(COC)c2)on1. The van der Waals surface area contributed by atoms with Gasteiger partial charge >= 0.3 is 0 Å². The number of hydrogen-bond acceptors (Lipinski definition) is 5. The summed E-state index contributed by atoms with van der Waals surface area (Å²) in [5.41, 5.74) is 1.97. The number of nitrogens with one attached hydrogen (secondary N) is 1. The molecule has 0 aliphatic rings. The average molecular weight is 276 g/mol. The highest BCUT2D eigenvalue weighted by atomic mass is 16.5. The first-order chi connectivity index (χ1) is 9.81. The molecule has 1 N–H and O–H groups in total. The number of nitrogens with zero attached hydrogens (tertiary/aromatic N) is 1. The van der Waals surface area contributed by atoms with E-state index in [1.165, 1.54) is 0 Å². The minimum atomic E-state index is 0.371. The van der Waals surface area contributed by atoms with Gasteiger partial charge in [-0.3, -0.25) is 0 Å². The lowest BCUT2D eigenvalue weighted by molar-refractivity contribution is 0.184. The van der Waals surface area contributed by atoms with Crippen LogP contribution in [0.5, 0.6) is 5.75 Å². The van der Waals surface area contributed by atoms with Crippen molar-refractivity contribution in [2.24, 2.45) is 0 Å². The summed E-state index contributed by atoms with van der Waals surface area (Å²) in [5, 5.41) is 7.17. The highest BCUT2D eigenvalue weighted by Crippen LogP contribution is 2.16. The summed E-state index contributed by atoms with van der Waals surface area (Å²) in [6, 6.07) is 9.72. The largest absolute Gasteiger partial charge is 0.486 e. The zero-order chi connectivity index (χ0) is 14.2. The molecule has 1 aromatic heterocycles. The van der Waals surface area contributed by atoms with Crippen LogP contribution in [0.3, 0.4) is 0 Å². The lowest BCUT2D eigenvalue weighted by Crippen LogP contribution is -2.11. The third kappa shape index (κ3) is 4.36. The molecule has 0 amide bonds. The summed E-state index contributed by atoms with van der Waals surface area (Å²) in [6.07, 6.45) is 0. The molecular formula is C15H20N2O3. The third-order valence-electron chi connectivity index (χ3n) is 2.75. The molecule has 0 radical (unpaired) electrons. The number of hydrogen-bond donors (Lipinski definition) is 1. The van der Waals surface area contributed by atoms with Crippen LogP contribution >= 0.6 is 0 Å². The normalized spacial score (nSPS) is 10.7. The van der Waals surface area contributed by atoms with Crippen molar-refractivity contribution < 1.29 is 14.0 Å². The van der Waals surface area contributed by atoms with Crippen molar-refractivity contribution in [3.05, 3.63) is 47.3 Å². The van der Waals surface area contributed by atoms with Crippen molar-refractivity contribution in [2.75, 3.05) is 13.7 Å². The first-order valence-electron chi connectivity index (χ1n) is 6.67. The predicted molar refractivity (Wildman–Crippen MR) is 75.4 cm³/mol. The van der Waals surface area contributed by atoms with Gasteiger partial charge in [0.25, 0.3) is 0 Å². The van der Waals surface area contributed by atoms with E-state index in [1.807, 2.05) is 30.3 Å². The Bertz CT molecular complexity index is 525. The van der Waals surface area contributed by atoms with Gasteiger partial charge in [-0.05, 0) is 24.2 Å². The van der Waals surface area contributed by atoms with Crippen LogP contribution in [0.2, 0.25) is 0 Å². The lowest BCUT2D eigenvalue weighted by atomic mass is 10.2. The zero-order valence-corrected chi connectivity index (χ0v) is 11.9. The molecule has 0 fully saturated rings. The van der Waals surface area contributed by atoms with Gasteiger partial charge in [0.05, 0.1) is 12.3 Å². The molecule has 5 nitrogen and oxygen atoms in total. The van der Waals surface area contributed by atoms with E-state index < -0.39 is 0 Å². The monoisotopic (exact) mass is 276 g/mol. The Kier molecular flexibility index (Phi) is 5.58. The molecule has 20 heavy (non-hydrogen) atoms. The third-order valence-corrected chi connectivity index (χ3v) is 2.75. The second-order valence-electron chi connectivity index (χ2n) is 4.43. The summed E-state index contributed by atoms with van der Waals surface area (Å²) in [5.74, 6) is 1.51. The molecule has 1 heterocycles. The van der Waals surface area contributed by atoms with E-state index >= 15 is 0 Å². The van der Waals surface area contributed by atoms with Crippen LogP contribution < -0.4 is 10.1 Å². The van der Waals surface area contributed by atoms with Crippen molar-refractivity contribution >= 4 is 0 Å². The Morgan fingerprint density at radius 3 is 2.95 bits per heavy atom. The van der Waals surface area contributed by atoms with Gasteiger partial charge in [0, 0.05) is 19.7 Å². The Labute approximate surface area is 118 Å². The second-order valence-corrected chi connectivity index (χ2v) is 4.43. The molecule has 1 aromatic carbocycles. The number of rotatable bonds is 8. The molecule has 0 atom stereocenters. The van der Waals surface area contributed by atoms with Crippen molar-refractivity contribution in [3.8, 4) is 5.75 Å². The molecule has 0 saturated carbocycles. The van der Waals surface area contributed by atoms with Crippen molar-refractivity contribution in [1.82, 2.24) is 10.5 Å². The smallest absolute Gasteiger partial charge is 0.174 e. The van der Waals surface area contributed by atoms with Crippen LogP contribution in [-0.2, 0) is 24.5 Å². The first kappa shape index (κ1) is 14.6. The maximum atomic E-state index is 5.69. The van der Waals surface area contributed by atoms with Gasteiger partial charge < -0.3 is 19.3 Å². The number of ether oxygens (including phenoxy) is 2. The van der Waals surface area contributed by atoms with Gasteiger partial charge in [0.15, 0.2) is 5.76 Å². The van der Waals surface area contributed by atoms with Crippen LogP contribution in [0, 0.1) is 0 Å². The molecule has 0 bridgehead atoms. The van der Waals surface area contributed by atoms with Gasteiger partial charge in [0.1, 0.15) is 12.4 Å². The summed E-state index contributed by atoms with van der Waals surface area (Å²) in [7, 11) is 1.67. The molecule has 0 saturated heterocycles. The Balaban J connectivity index is 1.88. The topological polar surface area (TPSA) is 56.5 Å². The van der Waals surface area contributed by atoms with Crippen molar-refractivity contribution in [2.45, 2.75) is 26.7 Å². The minimum Gasteiger partial charge on any atom is -0.486 e. The Morgan fingerprint density at radius 2 is 2.15 bits per heavy atom. The van der Waals surface area contributed by atoms with E-state index in [0.29, 0.717) is 19.8 Å².